The summed E-state index contributed by atoms with van der Waals surface area (Å²) in [5.74, 6) is 0.876. The van der Waals surface area contributed by atoms with Gasteiger partial charge in [-0.05, 0) is 105 Å². The second-order valence-electron chi connectivity index (χ2n) is 17.0. The van der Waals surface area contributed by atoms with Crippen LogP contribution < -0.4 is 47.1 Å². The first-order chi connectivity index (χ1) is 33.4. The van der Waals surface area contributed by atoms with Gasteiger partial charge in [0.2, 0.25) is 11.9 Å². The van der Waals surface area contributed by atoms with E-state index in [1.807, 2.05) is 49.4 Å². The summed E-state index contributed by atoms with van der Waals surface area (Å²) in [5.41, 5.74) is 5.12. The Kier molecular flexibility index (Phi) is 21.2. The predicted octanol–water partition coefficient (Wildman–Crippen LogP) is 9.52. The molecule has 69 heavy (non-hydrogen) atoms. The fourth-order valence-corrected chi connectivity index (χ4v) is 7.92. The van der Waals surface area contributed by atoms with Gasteiger partial charge in [0.25, 0.3) is 11.5 Å². The molecular weight excluding hydrogens is 877 g/mol. The number of aryl methyl sites for hydroxylation is 1. The lowest BCUT2D eigenvalue weighted by Gasteiger charge is -2.26. The maximum Gasteiger partial charge on any atom is 0.321 e. The molecule has 0 spiro atoms. The minimum Gasteiger partial charge on any atom is -0.494 e. The van der Waals surface area contributed by atoms with Gasteiger partial charge in [0, 0.05) is 66.9 Å². The number of urea groups is 2. The normalized spacial score (nSPS) is 14.2. The fraction of sp³-hybridized carbons (Fsp3) is 0.451. The topological polar surface area (TPSA) is 239 Å². The lowest BCUT2D eigenvalue weighted by atomic mass is 9.94. The van der Waals surface area contributed by atoms with Gasteiger partial charge in [0.15, 0.2) is 6.23 Å². The Bertz CT molecular complexity index is 2440. The van der Waals surface area contributed by atoms with E-state index in [0.29, 0.717) is 73.1 Å². The van der Waals surface area contributed by atoms with Crippen LogP contribution in [0.5, 0.6) is 5.75 Å². The summed E-state index contributed by atoms with van der Waals surface area (Å²) in [6.45, 7) is 12.1. The van der Waals surface area contributed by atoms with E-state index in [1.54, 1.807) is 30.3 Å². The molecule has 18 nitrogen and oxygen atoms in total. The number of hydrogen-bond donors (Lipinski definition) is 8. The molecule has 1 aliphatic heterocycles. The number of nitrogens with one attached hydrogen (secondary N) is 7. The van der Waals surface area contributed by atoms with Gasteiger partial charge in [0.1, 0.15) is 11.4 Å². The van der Waals surface area contributed by atoms with Gasteiger partial charge >= 0.3 is 12.1 Å². The molecule has 1 aromatic heterocycles. The van der Waals surface area contributed by atoms with Crippen molar-refractivity contribution < 1.29 is 24.2 Å². The lowest BCUT2D eigenvalue weighted by molar-refractivity contribution is 0.102. The van der Waals surface area contributed by atoms with Gasteiger partial charge in [-0.1, -0.05) is 71.6 Å². The first-order valence-electron chi connectivity index (χ1n) is 24.2. The fourth-order valence-electron chi connectivity index (χ4n) is 7.92. The summed E-state index contributed by atoms with van der Waals surface area (Å²) < 4.78 is 5.61. The van der Waals surface area contributed by atoms with Crippen LogP contribution in [0.25, 0.3) is 0 Å². The largest absolute Gasteiger partial charge is 0.494 e. The Morgan fingerprint density at radius 2 is 1.46 bits per heavy atom. The van der Waals surface area contributed by atoms with Crippen LogP contribution in [-0.2, 0) is 0 Å². The quantitative estimate of drug-likeness (QED) is 0.0233. The van der Waals surface area contributed by atoms with E-state index < -0.39 is 18.3 Å². The number of ether oxygens (including phenoxy) is 1. The summed E-state index contributed by atoms with van der Waals surface area (Å²) in [5, 5.41) is 36.7. The number of carbonyl (C=O) groups is 3. The van der Waals surface area contributed by atoms with Crippen molar-refractivity contribution in [3.63, 3.8) is 0 Å². The monoisotopic (exact) mass is 947 g/mol. The highest BCUT2D eigenvalue weighted by Gasteiger charge is 2.21. The molecule has 3 aromatic carbocycles. The Morgan fingerprint density at radius 3 is 2.10 bits per heavy atom. The van der Waals surface area contributed by atoms with E-state index in [0.717, 1.165) is 68.3 Å². The van der Waals surface area contributed by atoms with Crippen LogP contribution in [0.1, 0.15) is 119 Å². The molecule has 18 heteroatoms. The number of azo groups is 1. The highest BCUT2D eigenvalue weighted by molar-refractivity contribution is 6.05. The third-order valence-electron chi connectivity index (χ3n) is 11.8. The molecule has 4 aromatic rings. The molecule has 3 unspecified atom stereocenters. The smallest absolute Gasteiger partial charge is 0.321 e. The number of nitrogens with zero attached hydrogens (tertiary/aromatic N) is 5. The highest BCUT2D eigenvalue weighted by atomic mass is 16.5. The number of aromatic amines is 1. The van der Waals surface area contributed by atoms with E-state index in [-0.39, 0.29) is 35.2 Å². The maximum absolute atomic E-state index is 13.0. The minimum absolute atomic E-state index is 0.106. The molecule has 0 aliphatic carbocycles. The first-order valence-corrected chi connectivity index (χ1v) is 24.2. The van der Waals surface area contributed by atoms with Crippen molar-refractivity contribution in [1.29, 1.82) is 0 Å². The molecule has 0 saturated heterocycles. The summed E-state index contributed by atoms with van der Waals surface area (Å²) in [6, 6.07) is 20.6. The molecule has 0 bridgehead atoms. The zero-order valence-corrected chi connectivity index (χ0v) is 40.9. The summed E-state index contributed by atoms with van der Waals surface area (Å²) >= 11 is 0. The second-order valence-corrected chi connectivity index (χ2v) is 17.0. The molecular formula is C51H70N12O6. The van der Waals surface area contributed by atoms with E-state index in [2.05, 4.69) is 89.7 Å². The van der Waals surface area contributed by atoms with E-state index >= 15 is 0 Å². The molecule has 1 aliphatic rings. The van der Waals surface area contributed by atoms with Gasteiger partial charge in [-0.3, -0.25) is 25.2 Å². The number of guanidine groups is 1. The van der Waals surface area contributed by atoms with Crippen LogP contribution >= 0.6 is 0 Å². The van der Waals surface area contributed by atoms with E-state index in [9.17, 15) is 24.3 Å². The summed E-state index contributed by atoms with van der Waals surface area (Å²) in [4.78, 5) is 64.7. The number of aliphatic imine (C=N–C) groups is 1. The van der Waals surface area contributed by atoms with Crippen molar-refractivity contribution >= 4 is 52.6 Å². The Hall–Kier alpha value is -7.08. The van der Waals surface area contributed by atoms with Gasteiger partial charge in [-0.2, -0.15) is 5.11 Å². The molecule has 0 saturated carbocycles. The Morgan fingerprint density at radius 1 is 0.812 bits per heavy atom. The van der Waals surface area contributed by atoms with E-state index in [4.69, 9.17) is 4.74 Å². The molecule has 0 radical (unpaired) electrons. The van der Waals surface area contributed by atoms with Crippen molar-refractivity contribution in [2.45, 2.75) is 111 Å². The number of aromatic nitrogens is 2. The number of aliphatic hydroxyl groups excluding tert-OH is 1. The lowest BCUT2D eigenvalue weighted by Crippen LogP contribution is -2.48. The Balaban J connectivity index is 1.21. The number of amides is 5. The molecule has 370 valence electrons. The molecule has 5 amide bonds. The van der Waals surface area contributed by atoms with Gasteiger partial charge in [-0.25, -0.2) is 19.6 Å². The number of methoxy groups -OCH3 is 1. The number of carbonyl (C=O) groups excluding carboxylic acids is 3. The molecule has 0 fully saturated rings. The van der Waals surface area contributed by atoms with Gasteiger partial charge in [0.05, 0.1) is 18.5 Å². The number of aliphatic hydroxyl groups is 1. The number of rotatable bonds is 25. The van der Waals surface area contributed by atoms with Crippen molar-refractivity contribution in [3.05, 3.63) is 112 Å². The maximum atomic E-state index is 13.0. The molecule has 2 heterocycles. The SMILES string of the molecule is CCCCC(CC)C1=CC(O)N=C(NC(=O)NCCCN(CCCNC(=O)Nc2nc(C(CC)CCCC)cc(=O)[nH]2)c2ccc(N=Nc3cc(C)c(NC(=O)c4ccccc4)cc3OC)cc2)N1. The zero-order chi connectivity index (χ0) is 49.5. The van der Waals surface area contributed by atoms with Crippen LogP contribution in [0.4, 0.5) is 38.3 Å². The molecule has 8 N–H and O–H groups in total. The number of hydrogen-bond acceptors (Lipinski definition) is 12. The standard InChI is InChI=1S/C51H70N12O6/c1-7-11-18-35(9-3)41-32-45(64)57-48(55-41)59-50(67)52-26-16-28-63(29-17-27-53-51(68)60-49-56-42(33-46(65)58-49)36(10-4)19-12-8-2)39-24-22-38(23-25-39)61-62-43-30-34(5)40(31-44(43)69-6)54-47(66)37-20-14-13-15-21-37/h13-15,20-25,30-33,35-36,45,64H,7-12,16-19,26-29H2,1-6H3,(H,54,66)(H3,52,55,57,59,67)(H3,53,56,58,60,65,68). The first kappa shape index (κ1) is 52.9. The van der Waals surface area contributed by atoms with Crippen LogP contribution in [0, 0.1) is 12.8 Å². The number of benzene rings is 3. The van der Waals surface area contributed by atoms with Crippen LogP contribution in [0.2, 0.25) is 0 Å². The zero-order valence-electron chi connectivity index (χ0n) is 40.9. The summed E-state index contributed by atoms with van der Waals surface area (Å²) in [6.07, 6.45) is 9.62. The average Bonchev–Trinajstić information content (AvgIpc) is 3.34. The molecule has 3 atom stereocenters. The minimum atomic E-state index is -1.05. The average molecular weight is 947 g/mol. The van der Waals surface area contributed by atoms with Gasteiger partial charge < -0.3 is 36.0 Å². The highest BCUT2D eigenvalue weighted by Crippen LogP contribution is 2.35. The van der Waals surface area contributed by atoms with Crippen molar-refractivity contribution in [3.8, 4) is 5.75 Å². The predicted molar refractivity (Wildman–Crippen MR) is 273 cm³/mol. The molecule has 5 rings (SSSR count). The van der Waals surface area contributed by atoms with Crippen LogP contribution in [0.15, 0.2) is 105 Å². The van der Waals surface area contributed by atoms with Crippen molar-refractivity contribution in [2.75, 3.05) is 48.8 Å². The third kappa shape index (κ3) is 16.9. The summed E-state index contributed by atoms with van der Waals surface area (Å²) in [7, 11) is 1.53. The number of anilines is 3. The van der Waals surface area contributed by atoms with Crippen molar-refractivity contribution in [2.24, 2.45) is 21.1 Å². The van der Waals surface area contributed by atoms with E-state index in [1.165, 1.54) is 13.2 Å². The second kappa shape index (κ2) is 27.7. The van der Waals surface area contributed by atoms with Crippen molar-refractivity contribution in [1.82, 2.24) is 31.2 Å². The number of unbranched alkanes of at least 4 members (excludes halogenated alkanes) is 2. The third-order valence-corrected chi connectivity index (χ3v) is 11.8. The van der Waals surface area contributed by atoms with Crippen LogP contribution in [0.3, 0.4) is 0 Å². The number of H-pyrrole nitrogens is 1. The van der Waals surface area contributed by atoms with Gasteiger partial charge in [-0.15, -0.1) is 5.11 Å². The number of allylic oxidation sites excluding steroid dienone is 1. The van der Waals surface area contributed by atoms with Crippen LogP contribution in [-0.4, -0.2) is 78.5 Å². The Labute approximate surface area is 405 Å².